The van der Waals surface area contributed by atoms with E-state index in [4.69, 9.17) is 4.98 Å². The van der Waals surface area contributed by atoms with Crippen molar-refractivity contribution in [1.29, 1.82) is 0 Å². The third-order valence-corrected chi connectivity index (χ3v) is 6.33. The number of anilines is 2. The van der Waals surface area contributed by atoms with E-state index in [1.54, 1.807) is 22.3 Å². The first-order valence-corrected chi connectivity index (χ1v) is 10.8. The van der Waals surface area contributed by atoms with Gasteiger partial charge in [-0.3, -0.25) is 14.5 Å². The number of hydrogen-bond donors (Lipinski definition) is 0. The highest BCUT2D eigenvalue weighted by Gasteiger charge is 2.30. The summed E-state index contributed by atoms with van der Waals surface area (Å²) in [6, 6.07) is 7.57. The molecule has 29 heavy (non-hydrogen) atoms. The van der Waals surface area contributed by atoms with Gasteiger partial charge in [-0.25, -0.2) is 9.99 Å². The van der Waals surface area contributed by atoms with Gasteiger partial charge in [0, 0.05) is 24.3 Å². The van der Waals surface area contributed by atoms with Gasteiger partial charge in [-0.1, -0.05) is 18.2 Å². The molecular formula is C22H24N4O2S. The number of hydrazone groups is 1. The quantitative estimate of drug-likeness (QED) is 0.702. The largest absolute Gasteiger partial charge is 0.279 e. The number of rotatable bonds is 5. The summed E-state index contributed by atoms with van der Waals surface area (Å²) in [6.07, 6.45) is 6.60. The van der Waals surface area contributed by atoms with Crippen molar-refractivity contribution in [1.82, 2.24) is 4.98 Å². The van der Waals surface area contributed by atoms with E-state index in [9.17, 15) is 9.59 Å². The summed E-state index contributed by atoms with van der Waals surface area (Å²) in [6.45, 7) is 6.12. The number of thiazole rings is 1. The lowest BCUT2D eigenvalue weighted by molar-refractivity contribution is -0.118. The van der Waals surface area contributed by atoms with Gasteiger partial charge in [-0.15, -0.1) is 17.9 Å². The molecule has 0 unspecified atom stereocenters. The van der Waals surface area contributed by atoms with E-state index >= 15 is 0 Å². The zero-order valence-electron chi connectivity index (χ0n) is 16.6. The molecule has 7 heteroatoms. The molecule has 1 aromatic heterocycles. The average Bonchev–Trinajstić information content (AvgIpc) is 3.15. The number of hydrogen-bond acceptors (Lipinski definition) is 5. The first-order valence-electron chi connectivity index (χ1n) is 9.95. The number of aryl methyl sites for hydroxylation is 3. The van der Waals surface area contributed by atoms with Gasteiger partial charge in [0.15, 0.2) is 5.13 Å². The number of benzene rings is 1. The second-order valence-corrected chi connectivity index (χ2v) is 8.43. The molecule has 0 saturated carbocycles. The Labute approximate surface area is 174 Å². The van der Waals surface area contributed by atoms with E-state index in [0.717, 1.165) is 30.5 Å². The second-order valence-electron chi connectivity index (χ2n) is 7.37. The van der Waals surface area contributed by atoms with Crippen LogP contribution in [0.4, 0.5) is 10.8 Å². The molecule has 2 heterocycles. The number of aromatic nitrogens is 1. The number of nitrogens with zero attached hydrogens (tertiary/aromatic N) is 4. The molecule has 0 N–H and O–H groups in total. The summed E-state index contributed by atoms with van der Waals surface area (Å²) in [7, 11) is 0. The third-order valence-electron chi connectivity index (χ3n) is 5.15. The summed E-state index contributed by atoms with van der Waals surface area (Å²) in [4.78, 5) is 33.4. The molecule has 0 saturated heterocycles. The summed E-state index contributed by atoms with van der Waals surface area (Å²) in [5.41, 5.74) is 3.20. The highest BCUT2D eigenvalue weighted by molar-refractivity contribution is 7.16. The number of amides is 2. The van der Waals surface area contributed by atoms with Gasteiger partial charge in [-0.05, 0) is 50.3 Å². The smallest absolute Gasteiger partial charge is 0.276 e. The van der Waals surface area contributed by atoms with E-state index in [0.29, 0.717) is 29.5 Å². The van der Waals surface area contributed by atoms with Gasteiger partial charge in [0.25, 0.3) is 5.91 Å². The van der Waals surface area contributed by atoms with Gasteiger partial charge in [0.1, 0.15) is 5.71 Å². The standard InChI is InChI=1S/C22H24N4O2S/c1-3-13-25(22-23-17-9-4-5-10-19(17)29-22)21(28)18-11-12-20(27)26(24-18)16-8-6-7-15(2)14-16/h3,6-8,14H,1,4-5,9-13H2,2H3. The van der Waals surface area contributed by atoms with Crippen molar-refractivity contribution in [3.05, 3.63) is 53.1 Å². The summed E-state index contributed by atoms with van der Waals surface area (Å²) >= 11 is 1.59. The maximum absolute atomic E-state index is 13.3. The van der Waals surface area contributed by atoms with Crippen molar-refractivity contribution in [2.75, 3.05) is 16.5 Å². The maximum atomic E-state index is 13.3. The third kappa shape index (κ3) is 4.00. The van der Waals surface area contributed by atoms with Gasteiger partial charge in [0.2, 0.25) is 5.91 Å². The van der Waals surface area contributed by atoms with E-state index in [1.165, 1.54) is 16.3 Å². The Morgan fingerprint density at radius 2 is 2.10 bits per heavy atom. The Balaban J connectivity index is 1.65. The minimum absolute atomic E-state index is 0.105. The van der Waals surface area contributed by atoms with Crippen LogP contribution in [0.15, 0.2) is 42.0 Å². The van der Waals surface area contributed by atoms with Crippen LogP contribution in [0.1, 0.15) is 41.8 Å². The van der Waals surface area contributed by atoms with Crippen molar-refractivity contribution in [2.24, 2.45) is 5.10 Å². The van der Waals surface area contributed by atoms with Gasteiger partial charge < -0.3 is 0 Å². The topological polar surface area (TPSA) is 65.9 Å². The minimum Gasteiger partial charge on any atom is -0.279 e. The number of fused-ring (bicyclic) bond motifs is 1. The zero-order valence-corrected chi connectivity index (χ0v) is 17.4. The molecule has 0 radical (unpaired) electrons. The molecule has 1 aliphatic heterocycles. The molecule has 150 valence electrons. The molecule has 6 nitrogen and oxygen atoms in total. The predicted octanol–water partition coefficient (Wildman–Crippen LogP) is 4.03. The molecule has 0 fully saturated rings. The normalized spacial score (nSPS) is 16.2. The molecule has 0 bridgehead atoms. The van der Waals surface area contributed by atoms with Crippen molar-refractivity contribution in [3.8, 4) is 0 Å². The van der Waals surface area contributed by atoms with Crippen LogP contribution < -0.4 is 9.91 Å². The van der Waals surface area contributed by atoms with Crippen molar-refractivity contribution in [3.63, 3.8) is 0 Å². The molecule has 2 amide bonds. The zero-order chi connectivity index (χ0) is 20.4. The van der Waals surface area contributed by atoms with Gasteiger partial charge >= 0.3 is 0 Å². The monoisotopic (exact) mass is 408 g/mol. The van der Waals surface area contributed by atoms with Crippen molar-refractivity contribution in [2.45, 2.75) is 45.4 Å². The van der Waals surface area contributed by atoms with E-state index in [1.807, 2.05) is 31.2 Å². The summed E-state index contributed by atoms with van der Waals surface area (Å²) in [5.74, 6) is -0.312. The molecule has 1 aromatic carbocycles. The van der Waals surface area contributed by atoms with E-state index in [-0.39, 0.29) is 18.2 Å². The van der Waals surface area contributed by atoms with E-state index in [2.05, 4.69) is 11.7 Å². The Kier molecular flexibility index (Phi) is 5.58. The average molecular weight is 409 g/mol. The Bertz CT molecular complexity index is 971. The Hall–Kier alpha value is -2.80. The first kappa shape index (κ1) is 19.5. The van der Waals surface area contributed by atoms with E-state index < -0.39 is 0 Å². The first-order chi connectivity index (χ1) is 14.1. The second kappa shape index (κ2) is 8.29. The van der Waals surface area contributed by atoms with Gasteiger partial charge in [0.05, 0.1) is 11.4 Å². The Morgan fingerprint density at radius 1 is 1.28 bits per heavy atom. The van der Waals surface area contributed by atoms with Crippen LogP contribution in [0.3, 0.4) is 0 Å². The van der Waals surface area contributed by atoms with Crippen LogP contribution in [-0.4, -0.2) is 29.1 Å². The van der Waals surface area contributed by atoms with Crippen molar-refractivity contribution >= 4 is 39.7 Å². The lowest BCUT2D eigenvalue weighted by Gasteiger charge is -2.26. The minimum atomic E-state index is -0.207. The Morgan fingerprint density at radius 3 is 2.86 bits per heavy atom. The van der Waals surface area contributed by atoms with Crippen molar-refractivity contribution < 1.29 is 9.59 Å². The fourth-order valence-electron chi connectivity index (χ4n) is 3.66. The molecule has 0 spiro atoms. The SMILES string of the molecule is C=CCN(C(=O)C1=NN(c2cccc(C)c2)C(=O)CC1)c1nc2c(s1)CCCC2. The molecular weight excluding hydrogens is 384 g/mol. The van der Waals surface area contributed by atoms with Crippen LogP contribution >= 0.6 is 11.3 Å². The maximum Gasteiger partial charge on any atom is 0.276 e. The van der Waals surface area contributed by atoms with Crippen LogP contribution in [0.2, 0.25) is 0 Å². The number of carbonyl (C=O) groups is 2. The summed E-state index contributed by atoms with van der Waals surface area (Å²) in [5, 5.41) is 6.48. The fourth-order valence-corrected chi connectivity index (χ4v) is 4.81. The lowest BCUT2D eigenvalue weighted by Crippen LogP contribution is -2.42. The fraction of sp³-hybridized carbons (Fsp3) is 0.364. The molecule has 2 aromatic rings. The van der Waals surface area contributed by atoms with Crippen LogP contribution in [0.25, 0.3) is 0 Å². The molecule has 4 rings (SSSR count). The lowest BCUT2D eigenvalue weighted by atomic mass is 10.0. The highest BCUT2D eigenvalue weighted by Crippen LogP contribution is 2.32. The highest BCUT2D eigenvalue weighted by atomic mass is 32.1. The van der Waals surface area contributed by atoms with Crippen LogP contribution in [-0.2, 0) is 22.4 Å². The molecule has 2 aliphatic rings. The molecule has 1 aliphatic carbocycles. The molecule has 0 atom stereocenters. The number of carbonyl (C=O) groups excluding carboxylic acids is 2. The summed E-state index contributed by atoms with van der Waals surface area (Å²) < 4.78 is 0. The van der Waals surface area contributed by atoms with Gasteiger partial charge in [-0.2, -0.15) is 5.10 Å². The van der Waals surface area contributed by atoms with Crippen LogP contribution in [0, 0.1) is 6.92 Å². The predicted molar refractivity (Wildman–Crippen MR) is 117 cm³/mol. The van der Waals surface area contributed by atoms with Crippen LogP contribution in [0.5, 0.6) is 0 Å².